The van der Waals surface area contributed by atoms with Crippen LogP contribution in [0, 0.1) is 6.92 Å². The van der Waals surface area contributed by atoms with Crippen LogP contribution in [0.5, 0.6) is 0 Å². The average Bonchev–Trinajstić information content (AvgIpc) is 2.47. The van der Waals surface area contributed by atoms with E-state index in [2.05, 4.69) is 49.4 Å². The van der Waals surface area contributed by atoms with Gasteiger partial charge < -0.3 is 4.74 Å². The van der Waals surface area contributed by atoms with E-state index in [-0.39, 0.29) is 0 Å². The van der Waals surface area contributed by atoms with Crippen LogP contribution in [0.3, 0.4) is 0 Å². The number of hydrogen-bond acceptors (Lipinski definition) is 1. The highest BCUT2D eigenvalue weighted by atomic mass is 16.5. The summed E-state index contributed by atoms with van der Waals surface area (Å²) in [6.45, 7) is 3.55. The first-order valence-electron chi connectivity index (χ1n) is 5.60. The lowest BCUT2D eigenvalue weighted by Gasteiger charge is -2.08. The van der Waals surface area contributed by atoms with E-state index in [9.17, 15) is 0 Å². The molecule has 0 aliphatic carbocycles. The van der Waals surface area contributed by atoms with Gasteiger partial charge in [-0.05, 0) is 29.2 Å². The first-order valence-corrected chi connectivity index (χ1v) is 5.60. The molecule has 1 aliphatic rings. The molecule has 0 radical (unpaired) electrons. The summed E-state index contributed by atoms with van der Waals surface area (Å²) < 4.78 is 5.70. The number of benzene rings is 2. The summed E-state index contributed by atoms with van der Waals surface area (Å²) in [5, 5.41) is 0. The predicted octanol–water partition coefficient (Wildman–Crippen LogP) is 3.69. The van der Waals surface area contributed by atoms with Crippen molar-refractivity contribution in [2.75, 3.05) is 0 Å². The molecule has 0 aromatic heterocycles. The van der Waals surface area contributed by atoms with Crippen LogP contribution in [0.2, 0.25) is 0 Å². The Bertz CT molecular complexity index is 529. The summed E-state index contributed by atoms with van der Waals surface area (Å²) in [7, 11) is 0. The molecule has 0 saturated heterocycles. The Kier molecular flexibility index (Phi) is 2.26. The van der Waals surface area contributed by atoms with Crippen LogP contribution >= 0.6 is 0 Å². The fraction of sp³-hybridized carbons (Fsp3) is 0.200. The fourth-order valence-electron chi connectivity index (χ4n) is 2.28. The van der Waals surface area contributed by atoms with Crippen LogP contribution in [0.15, 0.2) is 42.5 Å². The summed E-state index contributed by atoms with van der Waals surface area (Å²) in [5.74, 6) is 0. The second kappa shape index (κ2) is 3.76. The van der Waals surface area contributed by atoms with Crippen molar-refractivity contribution in [2.24, 2.45) is 0 Å². The standard InChI is InChI=1S/C15H14O/c1-11-6-7-15-13(8-11)10-16-9-12-4-2-3-5-14(12)15/h2-8H,9-10H2,1H3. The molecular weight excluding hydrogens is 196 g/mol. The van der Waals surface area contributed by atoms with Crippen molar-refractivity contribution in [3.8, 4) is 11.1 Å². The minimum Gasteiger partial charge on any atom is -0.372 e. The second-order valence-electron chi connectivity index (χ2n) is 4.31. The van der Waals surface area contributed by atoms with Gasteiger partial charge in [-0.25, -0.2) is 0 Å². The highest BCUT2D eigenvalue weighted by Gasteiger charge is 2.13. The van der Waals surface area contributed by atoms with Gasteiger partial charge >= 0.3 is 0 Å². The largest absolute Gasteiger partial charge is 0.372 e. The van der Waals surface area contributed by atoms with Crippen molar-refractivity contribution in [2.45, 2.75) is 20.1 Å². The molecule has 0 unspecified atom stereocenters. The van der Waals surface area contributed by atoms with Gasteiger partial charge in [0.25, 0.3) is 0 Å². The van der Waals surface area contributed by atoms with Crippen LogP contribution < -0.4 is 0 Å². The number of rotatable bonds is 0. The maximum absolute atomic E-state index is 5.70. The molecule has 2 aromatic carbocycles. The van der Waals surface area contributed by atoms with E-state index in [1.165, 1.54) is 27.8 Å². The van der Waals surface area contributed by atoms with Crippen molar-refractivity contribution in [3.63, 3.8) is 0 Å². The number of ether oxygens (including phenoxy) is 1. The Morgan fingerprint density at radius 1 is 0.875 bits per heavy atom. The molecule has 16 heavy (non-hydrogen) atoms. The SMILES string of the molecule is Cc1ccc2c(c1)COCc1ccccc1-2. The molecule has 0 atom stereocenters. The van der Waals surface area contributed by atoms with Crippen LogP contribution in [0.4, 0.5) is 0 Å². The van der Waals surface area contributed by atoms with Crippen molar-refractivity contribution >= 4 is 0 Å². The topological polar surface area (TPSA) is 9.23 Å². The molecule has 80 valence electrons. The zero-order chi connectivity index (χ0) is 11.0. The van der Waals surface area contributed by atoms with Crippen molar-refractivity contribution < 1.29 is 4.74 Å². The van der Waals surface area contributed by atoms with E-state index in [1.807, 2.05) is 0 Å². The van der Waals surface area contributed by atoms with Gasteiger partial charge in [-0.2, -0.15) is 0 Å². The molecule has 2 aromatic rings. The minimum absolute atomic E-state index is 0.712. The van der Waals surface area contributed by atoms with E-state index in [0.717, 1.165) is 0 Å². The smallest absolute Gasteiger partial charge is 0.0727 e. The van der Waals surface area contributed by atoms with Crippen LogP contribution in [0.25, 0.3) is 11.1 Å². The zero-order valence-electron chi connectivity index (χ0n) is 9.36. The molecule has 1 nitrogen and oxygen atoms in total. The van der Waals surface area contributed by atoms with Gasteiger partial charge in [0.15, 0.2) is 0 Å². The van der Waals surface area contributed by atoms with Crippen LogP contribution in [-0.2, 0) is 18.0 Å². The van der Waals surface area contributed by atoms with E-state index in [4.69, 9.17) is 4.74 Å². The number of fused-ring (bicyclic) bond motifs is 3. The quantitative estimate of drug-likeness (QED) is 0.644. The Hall–Kier alpha value is -1.60. The molecule has 0 amide bonds. The zero-order valence-corrected chi connectivity index (χ0v) is 9.36. The van der Waals surface area contributed by atoms with Crippen molar-refractivity contribution in [1.29, 1.82) is 0 Å². The summed E-state index contributed by atoms with van der Waals surface area (Å²) >= 11 is 0. The van der Waals surface area contributed by atoms with Crippen LogP contribution in [-0.4, -0.2) is 0 Å². The summed E-state index contributed by atoms with van der Waals surface area (Å²) in [6, 6.07) is 15.1. The molecule has 0 saturated carbocycles. The van der Waals surface area contributed by atoms with Crippen molar-refractivity contribution in [3.05, 3.63) is 59.2 Å². The molecular formula is C15H14O. The van der Waals surface area contributed by atoms with Gasteiger partial charge in [-0.15, -0.1) is 0 Å². The highest BCUT2D eigenvalue weighted by Crippen LogP contribution is 2.31. The fourth-order valence-corrected chi connectivity index (χ4v) is 2.28. The maximum atomic E-state index is 5.70. The Labute approximate surface area is 95.7 Å². The molecule has 1 aliphatic heterocycles. The molecule has 0 spiro atoms. The van der Waals surface area contributed by atoms with Gasteiger partial charge in [0.1, 0.15) is 0 Å². The van der Waals surface area contributed by atoms with Gasteiger partial charge in [-0.1, -0.05) is 48.0 Å². The Balaban J connectivity index is 2.25. The Morgan fingerprint density at radius 2 is 1.62 bits per heavy atom. The third kappa shape index (κ3) is 1.54. The monoisotopic (exact) mass is 210 g/mol. The highest BCUT2D eigenvalue weighted by molar-refractivity contribution is 5.71. The first-order chi connectivity index (χ1) is 7.84. The molecule has 0 fully saturated rings. The van der Waals surface area contributed by atoms with E-state index in [1.54, 1.807) is 0 Å². The van der Waals surface area contributed by atoms with Gasteiger partial charge in [0.05, 0.1) is 13.2 Å². The van der Waals surface area contributed by atoms with E-state index >= 15 is 0 Å². The van der Waals surface area contributed by atoms with Gasteiger partial charge in [0, 0.05) is 0 Å². The predicted molar refractivity (Wildman–Crippen MR) is 65.1 cm³/mol. The van der Waals surface area contributed by atoms with Crippen molar-refractivity contribution in [1.82, 2.24) is 0 Å². The van der Waals surface area contributed by atoms with Crippen LogP contribution in [0.1, 0.15) is 16.7 Å². The molecule has 1 heteroatoms. The summed E-state index contributed by atoms with van der Waals surface area (Å²) in [4.78, 5) is 0. The van der Waals surface area contributed by atoms with E-state index < -0.39 is 0 Å². The van der Waals surface area contributed by atoms with E-state index in [0.29, 0.717) is 13.2 Å². The normalized spacial score (nSPS) is 13.8. The third-order valence-electron chi connectivity index (χ3n) is 3.08. The number of hydrogen-bond donors (Lipinski definition) is 0. The summed E-state index contributed by atoms with van der Waals surface area (Å²) in [6.07, 6.45) is 0. The Morgan fingerprint density at radius 3 is 2.56 bits per heavy atom. The average molecular weight is 210 g/mol. The minimum atomic E-state index is 0.712. The molecule has 0 N–H and O–H groups in total. The molecule has 0 bridgehead atoms. The second-order valence-corrected chi connectivity index (χ2v) is 4.31. The lowest BCUT2D eigenvalue weighted by atomic mass is 9.95. The molecule has 3 rings (SSSR count). The first kappa shape index (κ1) is 9.61. The maximum Gasteiger partial charge on any atom is 0.0727 e. The number of aryl methyl sites for hydroxylation is 1. The lowest BCUT2D eigenvalue weighted by molar-refractivity contribution is 0.110. The molecule has 1 heterocycles. The third-order valence-corrected chi connectivity index (χ3v) is 3.08. The lowest BCUT2D eigenvalue weighted by Crippen LogP contribution is -1.90. The van der Waals surface area contributed by atoms with Gasteiger partial charge in [0.2, 0.25) is 0 Å². The van der Waals surface area contributed by atoms with Gasteiger partial charge in [-0.3, -0.25) is 0 Å². The summed E-state index contributed by atoms with van der Waals surface area (Å²) in [5.41, 5.74) is 6.51.